The molecule has 0 N–H and O–H groups in total. The average molecular weight is 317 g/mol. The third-order valence-electron chi connectivity index (χ3n) is 4.31. The van der Waals surface area contributed by atoms with Gasteiger partial charge in [-0.05, 0) is 29.6 Å². The summed E-state index contributed by atoms with van der Waals surface area (Å²) < 4.78 is 7.29. The first-order chi connectivity index (χ1) is 11.7. The van der Waals surface area contributed by atoms with E-state index in [0.717, 1.165) is 33.4 Å². The minimum absolute atomic E-state index is 0.333. The molecule has 0 bridgehead atoms. The number of nitrogens with zero attached hydrogens (tertiary/aromatic N) is 2. The van der Waals surface area contributed by atoms with E-state index in [1.807, 2.05) is 55.6 Å². The highest BCUT2D eigenvalue weighted by Crippen LogP contribution is 2.47. The lowest BCUT2D eigenvalue weighted by Crippen LogP contribution is -2.10. The Morgan fingerprint density at radius 1 is 1.21 bits per heavy atom. The number of aryl methyl sites for hydroxylation is 1. The Labute approximate surface area is 140 Å². The summed E-state index contributed by atoms with van der Waals surface area (Å²) in [7, 11) is 2.03. The molecule has 1 aliphatic heterocycles. The van der Waals surface area contributed by atoms with Gasteiger partial charge in [0.1, 0.15) is 0 Å². The summed E-state index contributed by atoms with van der Waals surface area (Å²) >= 11 is 0. The fourth-order valence-corrected chi connectivity index (χ4v) is 3.24. The van der Waals surface area contributed by atoms with Crippen molar-refractivity contribution < 1.29 is 9.53 Å². The highest BCUT2D eigenvalue weighted by atomic mass is 16.5. The number of para-hydroxylation sites is 1. The molecule has 4 nitrogen and oxygen atoms in total. The van der Waals surface area contributed by atoms with E-state index in [9.17, 15) is 4.79 Å². The van der Waals surface area contributed by atoms with Crippen molar-refractivity contribution in [2.24, 2.45) is 7.05 Å². The van der Waals surface area contributed by atoms with Crippen molar-refractivity contribution in [1.29, 1.82) is 0 Å². The largest absolute Gasteiger partial charge is 0.650 e. The first-order valence-electron chi connectivity index (χ1n) is 7.98. The summed E-state index contributed by atoms with van der Waals surface area (Å²) in [5.41, 5.74) is 5.35. The molecule has 1 aromatic heterocycles. The summed E-state index contributed by atoms with van der Waals surface area (Å²) in [6, 6.07) is 8.10. The van der Waals surface area contributed by atoms with Crippen molar-refractivity contribution in [2.45, 2.75) is 6.92 Å². The number of allylic oxidation sites excluding steroid dienone is 7. The molecule has 0 atom stereocenters. The van der Waals surface area contributed by atoms with Gasteiger partial charge in [-0.1, -0.05) is 48.6 Å². The van der Waals surface area contributed by atoms with Gasteiger partial charge in [0.05, 0.1) is 6.61 Å². The van der Waals surface area contributed by atoms with E-state index in [4.69, 9.17) is 4.74 Å². The van der Waals surface area contributed by atoms with Crippen molar-refractivity contribution in [3.8, 4) is 0 Å². The van der Waals surface area contributed by atoms with E-state index >= 15 is 0 Å². The van der Waals surface area contributed by atoms with Gasteiger partial charge >= 0.3 is 5.97 Å². The SMILES string of the molecule is CCOC(=O)C1=CC(=C2C=CC=C2)c2c(c3ccccc3n2C)[N-]1. The first-order valence-corrected chi connectivity index (χ1v) is 7.98. The molecule has 1 aromatic carbocycles. The second-order valence-corrected chi connectivity index (χ2v) is 5.72. The number of carbonyl (C=O) groups is 1. The molecule has 0 amide bonds. The Kier molecular flexibility index (Phi) is 3.38. The van der Waals surface area contributed by atoms with E-state index in [1.54, 1.807) is 6.92 Å². The minimum Gasteiger partial charge on any atom is -0.650 e. The zero-order chi connectivity index (χ0) is 16.7. The lowest BCUT2D eigenvalue weighted by atomic mass is 9.99. The van der Waals surface area contributed by atoms with E-state index in [0.29, 0.717) is 12.3 Å². The van der Waals surface area contributed by atoms with Gasteiger partial charge in [-0.3, -0.25) is 0 Å². The third kappa shape index (κ3) is 2.11. The highest BCUT2D eigenvalue weighted by molar-refractivity contribution is 6.11. The molecular weight excluding hydrogens is 300 g/mol. The van der Waals surface area contributed by atoms with Crippen LogP contribution in [0.25, 0.3) is 21.8 Å². The van der Waals surface area contributed by atoms with Gasteiger partial charge in [0.25, 0.3) is 0 Å². The fraction of sp³-hybridized carbons (Fsp3) is 0.150. The van der Waals surface area contributed by atoms with E-state index in [1.165, 1.54) is 0 Å². The maximum Gasteiger partial charge on any atom is 0.315 e. The van der Waals surface area contributed by atoms with Gasteiger partial charge in [0.2, 0.25) is 0 Å². The molecule has 0 fully saturated rings. The number of fused-ring (bicyclic) bond motifs is 3. The topological polar surface area (TPSA) is 45.3 Å². The third-order valence-corrected chi connectivity index (χ3v) is 4.31. The van der Waals surface area contributed by atoms with Crippen LogP contribution in [0.5, 0.6) is 0 Å². The number of rotatable bonds is 2. The molecule has 0 saturated heterocycles. The van der Waals surface area contributed by atoms with Gasteiger partial charge in [-0.25, -0.2) is 4.79 Å². The summed E-state index contributed by atoms with van der Waals surface area (Å²) in [4.78, 5) is 12.3. The maximum absolute atomic E-state index is 12.3. The molecule has 0 spiro atoms. The molecule has 2 aliphatic rings. The Bertz CT molecular complexity index is 957. The summed E-state index contributed by atoms with van der Waals surface area (Å²) in [5.74, 6) is -0.389. The van der Waals surface area contributed by atoms with Crippen molar-refractivity contribution in [2.75, 3.05) is 6.61 Å². The second-order valence-electron chi connectivity index (χ2n) is 5.72. The molecule has 120 valence electrons. The quantitative estimate of drug-likeness (QED) is 0.764. The molecule has 0 radical (unpaired) electrons. The van der Waals surface area contributed by atoms with Crippen LogP contribution in [-0.2, 0) is 16.6 Å². The maximum atomic E-state index is 12.3. The van der Waals surface area contributed by atoms with Gasteiger partial charge in [0, 0.05) is 23.8 Å². The van der Waals surface area contributed by atoms with Crippen molar-refractivity contribution in [3.63, 3.8) is 0 Å². The molecular formula is C20H17N2O2-. The number of ether oxygens (including phenoxy) is 1. The lowest BCUT2D eigenvalue weighted by Gasteiger charge is -2.31. The number of benzene rings is 1. The molecule has 2 aromatic rings. The van der Waals surface area contributed by atoms with Gasteiger partial charge in [0.15, 0.2) is 0 Å². The minimum atomic E-state index is -0.389. The van der Waals surface area contributed by atoms with Crippen LogP contribution in [0.4, 0.5) is 5.69 Å². The van der Waals surface area contributed by atoms with Gasteiger partial charge < -0.3 is 14.6 Å². The Morgan fingerprint density at radius 2 is 1.96 bits per heavy atom. The van der Waals surface area contributed by atoms with Gasteiger partial charge in [-0.15, -0.1) is 5.69 Å². The number of esters is 1. The van der Waals surface area contributed by atoms with Crippen LogP contribution in [0, 0.1) is 0 Å². The van der Waals surface area contributed by atoms with Crippen LogP contribution in [0.1, 0.15) is 12.6 Å². The zero-order valence-electron chi connectivity index (χ0n) is 13.6. The van der Waals surface area contributed by atoms with Crippen LogP contribution in [0.3, 0.4) is 0 Å². The molecule has 0 saturated carbocycles. The Balaban J connectivity index is 1.99. The number of hydrogen-bond donors (Lipinski definition) is 0. The number of aromatic nitrogens is 1. The average Bonchev–Trinajstić information content (AvgIpc) is 3.23. The van der Waals surface area contributed by atoms with Crippen molar-refractivity contribution >= 4 is 28.1 Å². The molecule has 2 heterocycles. The van der Waals surface area contributed by atoms with Crippen molar-refractivity contribution in [3.05, 3.63) is 76.9 Å². The highest BCUT2D eigenvalue weighted by Gasteiger charge is 2.20. The molecule has 24 heavy (non-hydrogen) atoms. The summed E-state index contributed by atoms with van der Waals surface area (Å²) in [6.45, 7) is 2.13. The zero-order valence-corrected chi connectivity index (χ0v) is 13.6. The van der Waals surface area contributed by atoms with E-state index < -0.39 is 0 Å². The van der Waals surface area contributed by atoms with Gasteiger partial charge in [-0.2, -0.15) is 0 Å². The first kappa shape index (κ1) is 14.6. The number of carbonyl (C=O) groups excluding carboxylic acids is 1. The summed E-state index contributed by atoms with van der Waals surface area (Å²) in [6.07, 6.45) is 9.90. The molecule has 1 aliphatic carbocycles. The fourth-order valence-electron chi connectivity index (χ4n) is 3.24. The summed E-state index contributed by atoms with van der Waals surface area (Å²) in [5, 5.41) is 5.65. The van der Waals surface area contributed by atoms with Crippen molar-refractivity contribution in [1.82, 2.24) is 4.57 Å². The van der Waals surface area contributed by atoms with Crippen LogP contribution in [0.2, 0.25) is 0 Å². The normalized spacial score (nSPS) is 15.5. The van der Waals surface area contributed by atoms with Crippen LogP contribution in [-0.4, -0.2) is 17.1 Å². The number of hydrogen-bond acceptors (Lipinski definition) is 2. The lowest BCUT2D eigenvalue weighted by molar-refractivity contribution is -0.138. The Morgan fingerprint density at radius 3 is 2.71 bits per heavy atom. The van der Waals surface area contributed by atoms with Crippen LogP contribution < -0.4 is 0 Å². The standard InChI is InChI=1S/C20H17N2O2/c1-3-24-20(23)16-12-15(13-8-4-5-9-13)19-18(21-16)14-10-6-7-11-17(14)22(19)2/h4-12H,3H2,1-2H3/q-1. The smallest absolute Gasteiger partial charge is 0.315 e. The van der Waals surface area contributed by atoms with Crippen LogP contribution >= 0.6 is 0 Å². The van der Waals surface area contributed by atoms with E-state index in [-0.39, 0.29) is 5.97 Å². The predicted molar refractivity (Wildman–Crippen MR) is 95.9 cm³/mol. The molecule has 0 unspecified atom stereocenters. The second kappa shape index (κ2) is 5.57. The molecule has 4 rings (SSSR count). The monoisotopic (exact) mass is 317 g/mol. The molecule has 4 heteroatoms. The van der Waals surface area contributed by atoms with E-state index in [2.05, 4.69) is 16.0 Å². The predicted octanol–water partition coefficient (Wildman–Crippen LogP) is 4.52. The Hall–Kier alpha value is -3.01. The van der Waals surface area contributed by atoms with Crippen LogP contribution in [0.15, 0.2) is 65.9 Å².